The van der Waals surface area contributed by atoms with E-state index in [4.69, 9.17) is 27.9 Å². The highest BCUT2D eigenvalue weighted by atomic mass is 35.5. The Morgan fingerprint density at radius 3 is 2.60 bits per heavy atom. The molecule has 0 bridgehead atoms. The number of nitrogens with zero attached hydrogens (tertiary/aromatic N) is 6. The monoisotopic (exact) mass is 692 g/mol. The maximum absolute atomic E-state index is 13.8. The number of ether oxygens (including phenoxy) is 1. The first-order chi connectivity index (χ1) is 22.5. The molecular weight excluding hydrogens is 662 g/mol. The highest BCUT2D eigenvalue weighted by Gasteiger charge is 2.29. The number of pyridine rings is 1. The van der Waals surface area contributed by atoms with Gasteiger partial charge in [-0.25, -0.2) is 13.9 Å². The van der Waals surface area contributed by atoms with Crippen LogP contribution in [0.25, 0.3) is 10.9 Å². The molecule has 47 heavy (non-hydrogen) atoms. The highest BCUT2D eigenvalue weighted by Crippen LogP contribution is 2.38. The van der Waals surface area contributed by atoms with Gasteiger partial charge in [0.25, 0.3) is 0 Å². The van der Waals surface area contributed by atoms with Gasteiger partial charge in [0.1, 0.15) is 29.2 Å². The van der Waals surface area contributed by atoms with Crippen molar-refractivity contribution in [2.24, 2.45) is 0 Å². The average molecular weight is 694 g/mol. The predicted molar refractivity (Wildman–Crippen MR) is 182 cm³/mol. The molecule has 0 radical (unpaired) electrons. The zero-order valence-corrected chi connectivity index (χ0v) is 28.1. The number of thiophene rings is 1. The Balaban J connectivity index is 1.28. The van der Waals surface area contributed by atoms with E-state index < -0.39 is 11.4 Å². The molecule has 1 aliphatic rings. The van der Waals surface area contributed by atoms with Crippen LogP contribution >= 0.6 is 34.5 Å². The van der Waals surface area contributed by atoms with Crippen molar-refractivity contribution < 1.29 is 13.9 Å². The van der Waals surface area contributed by atoms with E-state index in [9.17, 15) is 14.4 Å². The molecule has 2 N–H and O–H groups in total. The van der Waals surface area contributed by atoms with Crippen LogP contribution in [0.1, 0.15) is 61.8 Å². The van der Waals surface area contributed by atoms with E-state index in [1.165, 1.54) is 24.4 Å². The fraction of sp³-hybridized carbons (Fsp3) is 0.303. The Morgan fingerprint density at radius 1 is 1.15 bits per heavy atom. The summed E-state index contributed by atoms with van der Waals surface area (Å²) in [4.78, 5) is 19.7. The number of aromatic nitrogens is 4. The molecule has 10 nitrogen and oxygen atoms in total. The number of likely N-dealkylation sites (tertiary alicyclic amines) is 1. The normalized spacial score (nSPS) is 14.5. The number of benzene rings is 2. The minimum Gasteiger partial charge on any atom is -0.444 e. The molecule has 0 saturated carbocycles. The molecule has 0 aliphatic carbocycles. The molecule has 0 spiro atoms. The van der Waals surface area contributed by atoms with Crippen LogP contribution in [0.3, 0.4) is 0 Å². The van der Waals surface area contributed by atoms with Crippen molar-refractivity contribution in [1.82, 2.24) is 24.9 Å². The molecule has 4 heterocycles. The van der Waals surface area contributed by atoms with E-state index in [0.29, 0.717) is 51.8 Å². The number of hydrogen-bond donors (Lipinski definition) is 2. The number of rotatable bonds is 7. The van der Waals surface area contributed by atoms with Gasteiger partial charge in [-0.2, -0.15) is 5.26 Å². The van der Waals surface area contributed by atoms with Gasteiger partial charge in [0.2, 0.25) is 0 Å². The minimum absolute atomic E-state index is 0.0484. The Morgan fingerprint density at radius 2 is 1.91 bits per heavy atom. The number of piperidine rings is 1. The smallest absolute Gasteiger partial charge is 0.410 e. The third-order valence-corrected chi connectivity index (χ3v) is 9.20. The maximum atomic E-state index is 13.8. The number of nitrogens with one attached hydrogen (secondary N) is 2. The Labute approximate surface area is 285 Å². The van der Waals surface area contributed by atoms with Crippen molar-refractivity contribution in [1.29, 1.82) is 5.26 Å². The summed E-state index contributed by atoms with van der Waals surface area (Å²) in [6.45, 7) is 6.71. The molecule has 0 unspecified atom stereocenters. The third kappa shape index (κ3) is 7.27. The van der Waals surface area contributed by atoms with Crippen LogP contribution in [0.5, 0.6) is 0 Å². The lowest BCUT2D eigenvalue weighted by molar-refractivity contribution is 0.0184. The Kier molecular flexibility index (Phi) is 9.23. The minimum atomic E-state index is -0.547. The van der Waals surface area contributed by atoms with Gasteiger partial charge in [-0.15, -0.1) is 16.4 Å². The Bertz CT molecular complexity index is 1960. The van der Waals surface area contributed by atoms with Crippen molar-refractivity contribution in [3.63, 3.8) is 0 Å². The molecule has 1 atom stereocenters. The molecule has 5 aromatic rings. The van der Waals surface area contributed by atoms with Crippen LogP contribution in [0.4, 0.5) is 26.2 Å². The van der Waals surface area contributed by atoms with Gasteiger partial charge in [0.15, 0.2) is 0 Å². The third-order valence-electron chi connectivity index (χ3n) is 7.69. The van der Waals surface area contributed by atoms with Crippen LogP contribution in [0.2, 0.25) is 10.0 Å². The first kappa shape index (κ1) is 32.5. The summed E-state index contributed by atoms with van der Waals surface area (Å²) in [5, 5.41) is 28.6. The average Bonchev–Trinajstić information content (AvgIpc) is 3.75. The lowest BCUT2D eigenvalue weighted by Gasteiger charge is -2.33. The van der Waals surface area contributed by atoms with E-state index in [2.05, 4.69) is 32.0 Å². The molecule has 1 aliphatic heterocycles. The number of amides is 1. The topological polar surface area (TPSA) is 121 Å². The van der Waals surface area contributed by atoms with Gasteiger partial charge in [-0.1, -0.05) is 34.5 Å². The molecule has 6 rings (SSSR count). The van der Waals surface area contributed by atoms with Crippen LogP contribution < -0.4 is 10.6 Å². The van der Waals surface area contributed by atoms with Crippen molar-refractivity contribution in [2.45, 2.75) is 51.3 Å². The van der Waals surface area contributed by atoms with Crippen molar-refractivity contribution in [3.05, 3.63) is 92.2 Å². The molecule has 242 valence electrons. The van der Waals surface area contributed by atoms with Gasteiger partial charge in [-0.3, -0.25) is 4.98 Å². The molecular formula is C33H31Cl2FN8O2S. The van der Waals surface area contributed by atoms with Crippen LogP contribution in [-0.4, -0.2) is 49.7 Å². The SMILES string of the molecule is CC(C)(C)OC(=O)N1CCC(n2cc([C@@H](Nc3cc(Cl)c4ncc(C#N)c(Nc5ccc(F)c(Cl)c5)c4c3)c3cccs3)nn2)CC1. The lowest BCUT2D eigenvalue weighted by Crippen LogP contribution is -2.42. The molecule has 3 aromatic heterocycles. The van der Waals surface area contributed by atoms with Crippen LogP contribution in [-0.2, 0) is 4.74 Å². The molecule has 1 fully saturated rings. The first-order valence-electron chi connectivity index (χ1n) is 14.9. The Hall–Kier alpha value is -4.44. The highest BCUT2D eigenvalue weighted by molar-refractivity contribution is 7.10. The maximum Gasteiger partial charge on any atom is 0.410 e. The fourth-order valence-corrected chi connectivity index (χ4v) is 6.67. The second kappa shape index (κ2) is 13.4. The predicted octanol–water partition coefficient (Wildman–Crippen LogP) is 8.72. The summed E-state index contributed by atoms with van der Waals surface area (Å²) in [7, 11) is 0. The van der Waals surface area contributed by atoms with Gasteiger partial charge in [0.05, 0.1) is 39.1 Å². The van der Waals surface area contributed by atoms with E-state index in [0.717, 1.165) is 17.7 Å². The van der Waals surface area contributed by atoms with Gasteiger partial charge >= 0.3 is 6.09 Å². The second-order valence-electron chi connectivity index (χ2n) is 12.2. The number of fused-ring (bicyclic) bond motifs is 1. The standard InChI is InChI=1S/C33H31Cl2FN8O2S/c1-33(2,3)46-32(45)43-10-8-22(9-11-43)44-18-27(41-42-44)31(28-5-4-12-47-28)40-21-13-23-29(39-20-6-7-26(36)24(34)14-20)19(16-37)17-38-30(23)25(35)15-21/h4-7,12-15,17-18,22,31,40H,8-11H2,1-3H3,(H,38,39)/t31-/m1/s1. The van der Waals surface area contributed by atoms with Gasteiger partial charge in [0, 0.05) is 40.9 Å². The molecule has 14 heteroatoms. The van der Waals surface area contributed by atoms with Gasteiger partial charge < -0.3 is 20.3 Å². The summed E-state index contributed by atoms with van der Waals surface area (Å²) in [5.41, 5.74) is 2.56. The number of halogens is 3. The van der Waals surface area contributed by atoms with Crippen molar-refractivity contribution >= 4 is 68.6 Å². The quantitative estimate of drug-likeness (QED) is 0.174. The largest absolute Gasteiger partial charge is 0.444 e. The van der Waals surface area contributed by atoms with Gasteiger partial charge in [-0.05, 0) is 75.4 Å². The number of anilines is 3. The zero-order chi connectivity index (χ0) is 33.3. The summed E-state index contributed by atoms with van der Waals surface area (Å²) in [6.07, 6.45) is 4.53. The number of hydrogen-bond acceptors (Lipinski definition) is 9. The number of nitriles is 1. The van der Waals surface area contributed by atoms with E-state index in [-0.39, 0.29) is 28.8 Å². The van der Waals surface area contributed by atoms with E-state index in [1.54, 1.807) is 22.3 Å². The van der Waals surface area contributed by atoms with E-state index in [1.807, 2.05) is 55.2 Å². The zero-order valence-electron chi connectivity index (χ0n) is 25.8. The van der Waals surface area contributed by atoms with E-state index >= 15 is 0 Å². The number of carbonyl (C=O) groups is 1. The van der Waals surface area contributed by atoms with Crippen LogP contribution in [0.15, 0.2) is 60.2 Å². The summed E-state index contributed by atoms with van der Waals surface area (Å²) >= 11 is 14.4. The second-order valence-corrected chi connectivity index (χ2v) is 14.0. The first-order valence-corrected chi connectivity index (χ1v) is 16.6. The lowest BCUT2D eigenvalue weighted by atomic mass is 10.1. The van der Waals surface area contributed by atoms with Crippen molar-refractivity contribution in [3.8, 4) is 6.07 Å². The van der Waals surface area contributed by atoms with Crippen LogP contribution in [0, 0.1) is 17.1 Å². The van der Waals surface area contributed by atoms with Crippen molar-refractivity contribution in [2.75, 3.05) is 23.7 Å². The molecule has 2 aromatic carbocycles. The summed E-state index contributed by atoms with van der Waals surface area (Å²) in [6, 6.07) is 13.8. The summed E-state index contributed by atoms with van der Waals surface area (Å²) < 4.78 is 21.3. The summed E-state index contributed by atoms with van der Waals surface area (Å²) in [5.74, 6) is -0.547. The molecule has 1 amide bonds. The fourth-order valence-electron chi connectivity index (χ4n) is 5.43. The number of carbonyl (C=O) groups excluding carboxylic acids is 1. The molecule has 1 saturated heterocycles.